The Labute approximate surface area is 125 Å². The summed E-state index contributed by atoms with van der Waals surface area (Å²) in [5, 5.41) is 13.1. The molecule has 102 valence electrons. The van der Waals surface area contributed by atoms with Gasteiger partial charge >= 0.3 is 0 Å². The van der Waals surface area contributed by atoms with Crippen LogP contribution in [0.15, 0.2) is 28.6 Å². The molecule has 1 fully saturated rings. The second-order valence-electron chi connectivity index (χ2n) is 4.78. The molecule has 1 saturated heterocycles. The van der Waals surface area contributed by atoms with Crippen molar-refractivity contribution in [1.29, 1.82) is 5.41 Å². The fraction of sp³-hybridized carbons (Fsp3) is 0.385. The fourth-order valence-corrected chi connectivity index (χ4v) is 3.93. The summed E-state index contributed by atoms with van der Waals surface area (Å²) in [5.74, 6) is -0.164. The van der Waals surface area contributed by atoms with E-state index in [1.807, 2.05) is 18.4 Å². The van der Waals surface area contributed by atoms with Crippen LogP contribution >= 0.6 is 27.3 Å². The molecule has 0 aromatic carbocycles. The van der Waals surface area contributed by atoms with Gasteiger partial charge in [0, 0.05) is 21.8 Å². The Kier molecular flexibility index (Phi) is 3.82. The van der Waals surface area contributed by atoms with Crippen molar-refractivity contribution in [2.75, 3.05) is 7.05 Å². The van der Waals surface area contributed by atoms with Crippen LogP contribution in [0.5, 0.6) is 0 Å². The summed E-state index contributed by atoms with van der Waals surface area (Å²) in [6.45, 7) is 5.71. The Morgan fingerprint density at radius 3 is 2.95 bits per heavy atom. The number of hydrogen-bond donors (Lipinski definition) is 2. The Bertz CT molecular complexity index is 542. The van der Waals surface area contributed by atoms with E-state index in [1.54, 1.807) is 24.5 Å². The minimum atomic E-state index is -0.564. The summed E-state index contributed by atoms with van der Waals surface area (Å²) >= 11 is 5.02. The lowest BCUT2D eigenvalue weighted by Gasteiger charge is -2.44. The van der Waals surface area contributed by atoms with Crippen molar-refractivity contribution >= 4 is 39.1 Å². The van der Waals surface area contributed by atoms with Crippen LogP contribution in [-0.4, -0.2) is 23.8 Å². The molecule has 0 spiro atoms. The van der Waals surface area contributed by atoms with Gasteiger partial charge < -0.3 is 5.32 Å². The predicted octanol–water partition coefficient (Wildman–Crippen LogP) is 2.91. The molecule has 2 atom stereocenters. The van der Waals surface area contributed by atoms with Crippen molar-refractivity contribution in [3.8, 4) is 0 Å². The summed E-state index contributed by atoms with van der Waals surface area (Å²) in [5.41, 5.74) is -0.564. The molecule has 1 aliphatic rings. The van der Waals surface area contributed by atoms with Crippen LogP contribution in [0.4, 0.5) is 0 Å². The van der Waals surface area contributed by atoms with Crippen LogP contribution in [0.1, 0.15) is 18.2 Å². The molecule has 0 aliphatic carbocycles. The highest BCUT2D eigenvalue weighted by Crippen LogP contribution is 2.40. The SMILES string of the molecule is C=CC[C@@H]1C(=O)N(C)C(=N)N[C@]1(C)c1cc(Br)cs1. The van der Waals surface area contributed by atoms with Gasteiger partial charge in [-0.05, 0) is 35.3 Å². The molecule has 4 nitrogen and oxygen atoms in total. The number of carbonyl (C=O) groups is 1. The molecular formula is C13H16BrN3OS. The zero-order chi connectivity index (χ0) is 14.2. The Morgan fingerprint density at radius 2 is 2.42 bits per heavy atom. The van der Waals surface area contributed by atoms with Crippen molar-refractivity contribution in [3.05, 3.63) is 33.5 Å². The fourth-order valence-electron chi connectivity index (χ4n) is 2.33. The van der Waals surface area contributed by atoms with Crippen LogP contribution in [0.25, 0.3) is 0 Å². The van der Waals surface area contributed by atoms with Crippen molar-refractivity contribution in [1.82, 2.24) is 10.2 Å². The molecule has 1 aliphatic heterocycles. The highest BCUT2D eigenvalue weighted by atomic mass is 79.9. The molecule has 6 heteroatoms. The minimum absolute atomic E-state index is 0.0457. The monoisotopic (exact) mass is 341 g/mol. The smallest absolute Gasteiger partial charge is 0.235 e. The standard InChI is InChI=1S/C13H16BrN3OS/c1-4-5-9-11(18)17(3)12(15)16-13(9,2)10-6-8(14)7-19-10/h4,6-7,9H,1,5H2,2-3H3,(H2,15,16)/t9-,13+/m1/s1. The number of nitrogens with one attached hydrogen (secondary N) is 2. The van der Waals surface area contributed by atoms with Crippen LogP contribution in [0, 0.1) is 11.3 Å². The molecule has 2 rings (SSSR count). The molecular weight excluding hydrogens is 326 g/mol. The summed E-state index contributed by atoms with van der Waals surface area (Å²) in [7, 11) is 1.62. The number of carbonyl (C=O) groups excluding carboxylic acids is 1. The predicted molar refractivity (Wildman–Crippen MR) is 81.3 cm³/mol. The first-order chi connectivity index (χ1) is 8.90. The third kappa shape index (κ3) is 2.34. The third-order valence-corrected chi connectivity index (χ3v) is 5.45. The number of allylic oxidation sites excluding steroid dienone is 1. The van der Waals surface area contributed by atoms with Crippen LogP contribution in [0.2, 0.25) is 0 Å². The van der Waals surface area contributed by atoms with E-state index in [0.29, 0.717) is 6.42 Å². The van der Waals surface area contributed by atoms with E-state index < -0.39 is 5.54 Å². The van der Waals surface area contributed by atoms with Gasteiger partial charge in [-0.15, -0.1) is 17.9 Å². The largest absolute Gasteiger partial charge is 0.345 e. The molecule has 2 N–H and O–H groups in total. The minimum Gasteiger partial charge on any atom is -0.345 e. The highest BCUT2D eigenvalue weighted by molar-refractivity contribution is 9.10. The molecule has 0 bridgehead atoms. The summed E-state index contributed by atoms with van der Waals surface area (Å²) in [6, 6.07) is 2.00. The molecule has 19 heavy (non-hydrogen) atoms. The van der Waals surface area contributed by atoms with Gasteiger partial charge in [-0.3, -0.25) is 15.1 Å². The molecule has 0 unspecified atom stereocenters. The van der Waals surface area contributed by atoms with Gasteiger partial charge in [-0.1, -0.05) is 6.08 Å². The van der Waals surface area contributed by atoms with Crippen molar-refractivity contribution in [3.63, 3.8) is 0 Å². The Balaban J connectivity index is 2.47. The molecule has 2 heterocycles. The zero-order valence-electron chi connectivity index (χ0n) is 10.9. The number of amides is 1. The summed E-state index contributed by atoms with van der Waals surface area (Å²) in [6.07, 6.45) is 2.34. The van der Waals surface area contributed by atoms with E-state index >= 15 is 0 Å². The third-order valence-electron chi connectivity index (χ3n) is 3.52. The number of thiophene rings is 1. The lowest BCUT2D eigenvalue weighted by Crippen LogP contribution is -2.63. The maximum atomic E-state index is 12.4. The average Bonchev–Trinajstić information content (AvgIpc) is 2.79. The van der Waals surface area contributed by atoms with Gasteiger partial charge in [-0.25, -0.2) is 0 Å². The van der Waals surface area contributed by atoms with Crippen molar-refractivity contribution in [2.45, 2.75) is 18.9 Å². The number of guanidine groups is 1. The molecule has 1 amide bonds. The van der Waals surface area contributed by atoms with E-state index in [9.17, 15) is 4.79 Å². The van der Waals surface area contributed by atoms with Crippen LogP contribution in [-0.2, 0) is 10.3 Å². The van der Waals surface area contributed by atoms with E-state index in [2.05, 4.69) is 27.8 Å². The van der Waals surface area contributed by atoms with Crippen molar-refractivity contribution < 1.29 is 4.79 Å². The summed E-state index contributed by atoms with van der Waals surface area (Å²) < 4.78 is 0.991. The average molecular weight is 342 g/mol. The lowest BCUT2D eigenvalue weighted by atomic mass is 9.79. The van der Waals surface area contributed by atoms with Crippen LogP contribution in [0.3, 0.4) is 0 Å². The topological polar surface area (TPSA) is 56.2 Å². The van der Waals surface area contributed by atoms with E-state index in [1.165, 1.54) is 4.90 Å². The highest BCUT2D eigenvalue weighted by Gasteiger charge is 2.47. The number of nitrogens with zero attached hydrogens (tertiary/aromatic N) is 1. The molecule has 1 aromatic rings. The van der Waals surface area contributed by atoms with Gasteiger partial charge in [0.25, 0.3) is 0 Å². The van der Waals surface area contributed by atoms with Crippen molar-refractivity contribution in [2.24, 2.45) is 5.92 Å². The second kappa shape index (κ2) is 5.09. The number of rotatable bonds is 3. The number of hydrogen-bond acceptors (Lipinski definition) is 3. The first kappa shape index (κ1) is 14.3. The van der Waals surface area contributed by atoms with Gasteiger partial charge in [0.15, 0.2) is 5.96 Å². The molecule has 0 radical (unpaired) electrons. The van der Waals surface area contributed by atoms with Crippen LogP contribution < -0.4 is 5.32 Å². The molecule has 1 aromatic heterocycles. The second-order valence-corrected chi connectivity index (χ2v) is 6.61. The first-order valence-corrected chi connectivity index (χ1v) is 7.57. The molecule has 0 saturated carbocycles. The van der Waals surface area contributed by atoms with Gasteiger partial charge in [-0.2, -0.15) is 0 Å². The van der Waals surface area contributed by atoms with E-state index in [4.69, 9.17) is 5.41 Å². The van der Waals surface area contributed by atoms with Gasteiger partial charge in [0.05, 0.1) is 11.5 Å². The van der Waals surface area contributed by atoms with E-state index in [-0.39, 0.29) is 17.8 Å². The quantitative estimate of drug-likeness (QED) is 0.830. The maximum Gasteiger partial charge on any atom is 0.235 e. The van der Waals surface area contributed by atoms with Gasteiger partial charge in [0.2, 0.25) is 5.91 Å². The number of halogens is 1. The van der Waals surface area contributed by atoms with Gasteiger partial charge in [0.1, 0.15) is 0 Å². The van der Waals surface area contributed by atoms with E-state index in [0.717, 1.165) is 9.35 Å². The Morgan fingerprint density at radius 1 is 1.74 bits per heavy atom. The normalized spacial score (nSPS) is 27.3. The zero-order valence-corrected chi connectivity index (χ0v) is 13.3. The Hall–Kier alpha value is -1.14. The summed E-state index contributed by atoms with van der Waals surface area (Å²) in [4.78, 5) is 14.8. The maximum absolute atomic E-state index is 12.4. The first-order valence-electron chi connectivity index (χ1n) is 5.90. The lowest BCUT2D eigenvalue weighted by molar-refractivity contribution is -0.135.